The van der Waals surface area contributed by atoms with E-state index >= 15 is 0 Å². The van der Waals surface area contributed by atoms with Gasteiger partial charge in [-0.25, -0.2) is 0 Å². The van der Waals surface area contributed by atoms with Gasteiger partial charge in [-0.2, -0.15) is 0 Å². The maximum Gasteiger partial charge on any atom is 0.322 e. The zero-order valence-electron chi connectivity index (χ0n) is 8.62. The molecule has 1 fully saturated rings. The zero-order valence-corrected chi connectivity index (χ0v) is 8.62. The van der Waals surface area contributed by atoms with Crippen LogP contribution in [0.5, 0.6) is 0 Å². The molecule has 6 heteroatoms. The Hall–Kier alpha value is -1.43. The fourth-order valence-corrected chi connectivity index (χ4v) is 1.21. The van der Waals surface area contributed by atoms with E-state index in [1.54, 1.807) is 6.92 Å². The molecule has 0 spiro atoms. The predicted molar refractivity (Wildman–Crippen MR) is 53.3 cm³/mol. The Morgan fingerprint density at radius 2 is 2.33 bits per heavy atom. The van der Waals surface area contributed by atoms with E-state index < -0.39 is 0 Å². The van der Waals surface area contributed by atoms with Crippen LogP contribution < -0.4 is 10.6 Å². The molecule has 0 saturated heterocycles. The highest BCUT2D eigenvalue weighted by atomic mass is 16.4. The first-order valence-corrected chi connectivity index (χ1v) is 5.07. The monoisotopic (exact) mass is 210 g/mol. The van der Waals surface area contributed by atoms with Crippen LogP contribution in [0.15, 0.2) is 4.42 Å². The Morgan fingerprint density at radius 3 is 2.93 bits per heavy atom. The smallest absolute Gasteiger partial charge is 0.322 e. The van der Waals surface area contributed by atoms with Gasteiger partial charge in [-0.3, -0.25) is 10.1 Å². The minimum Gasteiger partial charge on any atom is -0.408 e. The van der Waals surface area contributed by atoms with Crippen molar-refractivity contribution in [2.45, 2.75) is 32.2 Å². The molecule has 0 radical (unpaired) electrons. The Balaban J connectivity index is 1.67. The molecule has 1 saturated carbocycles. The number of nitrogens with one attached hydrogen (secondary N) is 2. The largest absolute Gasteiger partial charge is 0.408 e. The summed E-state index contributed by atoms with van der Waals surface area (Å²) in [6.07, 6.45) is 2.88. The van der Waals surface area contributed by atoms with Crippen molar-refractivity contribution in [3.8, 4) is 0 Å². The SMILES string of the molecule is Cc1nnc(NC(=O)CCNC2CC2)o1. The molecule has 0 aromatic carbocycles. The van der Waals surface area contributed by atoms with E-state index in [4.69, 9.17) is 4.42 Å². The minimum absolute atomic E-state index is 0.105. The van der Waals surface area contributed by atoms with E-state index in [2.05, 4.69) is 20.8 Å². The zero-order chi connectivity index (χ0) is 10.7. The standard InChI is InChI=1S/C9H14N4O2/c1-6-12-13-9(15-6)11-8(14)4-5-10-7-2-3-7/h7,10H,2-5H2,1H3,(H,11,13,14). The van der Waals surface area contributed by atoms with Gasteiger partial charge in [0.15, 0.2) is 0 Å². The highest BCUT2D eigenvalue weighted by Crippen LogP contribution is 2.18. The Labute approximate surface area is 87.4 Å². The lowest BCUT2D eigenvalue weighted by molar-refractivity contribution is -0.116. The molecule has 0 atom stereocenters. The number of anilines is 1. The molecular formula is C9H14N4O2. The number of hydrogen-bond acceptors (Lipinski definition) is 5. The molecule has 1 aliphatic rings. The van der Waals surface area contributed by atoms with Crippen LogP contribution in [-0.2, 0) is 4.79 Å². The third-order valence-corrected chi connectivity index (χ3v) is 2.13. The number of carbonyl (C=O) groups excluding carboxylic acids is 1. The highest BCUT2D eigenvalue weighted by Gasteiger charge is 2.20. The van der Waals surface area contributed by atoms with Crippen LogP contribution in [0.25, 0.3) is 0 Å². The second-order valence-electron chi connectivity index (χ2n) is 3.65. The molecule has 0 bridgehead atoms. The highest BCUT2D eigenvalue weighted by molar-refractivity contribution is 5.88. The van der Waals surface area contributed by atoms with E-state index in [0.717, 1.165) is 0 Å². The molecule has 82 valence electrons. The van der Waals surface area contributed by atoms with Crippen LogP contribution >= 0.6 is 0 Å². The summed E-state index contributed by atoms with van der Waals surface area (Å²) in [5, 5.41) is 13.1. The third-order valence-electron chi connectivity index (χ3n) is 2.13. The Kier molecular flexibility index (Phi) is 2.96. The fourth-order valence-electron chi connectivity index (χ4n) is 1.21. The second-order valence-corrected chi connectivity index (χ2v) is 3.65. The van der Waals surface area contributed by atoms with E-state index in [1.807, 2.05) is 0 Å². The van der Waals surface area contributed by atoms with Gasteiger partial charge in [0.05, 0.1) is 0 Å². The summed E-state index contributed by atoms with van der Waals surface area (Å²) in [5.74, 6) is 0.341. The average Bonchev–Trinajstić information content (AvgIpc) is 2.91. The van der Waals surface area contributed by atoms with Gasteiger partial charge in [0.1, 0.15) is 0 Å². The van der Waals surface area contributed by atoms with Gasteiger partial charge < -0.3 is 9.73 Å². The number of aromatic nitrogens is 2. The van der Waals surface area contributed by atoms with Crippen molar-refractivity contribution in [1.29, 1.82) is 0 Å². The lowest BCUT2D eigenvalue weighted by Crippen LogP contribution is -2.23. The molecule has 1 aromatic rings. The first-order valence-electron chi connectivity index (χ1n) is 5.07. The number of rotatable bonds is 5. The molecule has 0 aliphatic heterocycles. The van der Waals surface area contributed by atoms with Gasteiger partial charge in [0.25, 0.3) is 0 Å². The lowest BCUT2D eigenvalue weighted by Gasteiger charge is -2.01. The van der Waals surface area contributed by atoms with Crippen LogP contribution in [0.4, 0.5) is 6.01 Å². The summed E-state index contributed by atoms with van der Waals surface area (Å²) in [6.45, 7) is 2.38. The van der Waals surface area contributed by atoms with E-state index in [0.29, 0.717) is 24.9 Å². The van der Waals surface area contributed by atoms with Gasteiger partial charge in [0, 0.05) is 25.9 Å². The molecule has 2 rings (SSSR count). The van der Waals surface area contributed by atoms with Crippen LogP contribution in [0.3, 0.4) is 0 Å². The average molecular weight is 210 g/mol. The summed E-state index contributed by atoms with van der Waals surface area (Å²) in [5.41, 5.74) is 0. The summed E-state index contributed by atoms with van der Waals surface area (Å²) < 4.78 is 5.02. The van der Waals surface area contributed by atoms with Crippen LogP contribution in [-0.4, -0.2) is 28.7 Å². The maximum absolute atomic E-state index is 11.3. The van der Waals surface area contributed by atoms with E-state index in [-0.39, 0.29) is 11.9 Å². The van der Waals surface area contributed by atoms with Crippen molar-refractivity contribution in [1.82, 2.24) is 15.5 Å². The molecule has 1 aliphatic carbocycles. The second kappa shape index (κ2) is 4.39. The van der Waals surface area contributed by atoms with Gasteiger partial charge in [0.2, 0.25) is 11.8 Å². The van der Waals surface area contributed by atoms with Crippen molar-refractivity contribution < 1.29 is 9.21 Å². The van der Waals surface area contributed by atoms with Crippen molar-refractivity contribution in [2.75, 3.05) is 11.9 Å². The Bertz CT molecular complexity index is 346. The van der Waals surface area contributed by atoms with Gasteiger partial charge in [-0.15, -0.1) is 5.10 Å². The summed E-state index contributed by atoms with van der Waals surface area (Å²) in [6, 6.07) is 0.798. The number of carbonyl (C=O) groups is 1. The first-order chi connectivity index (χ1) is 7.24. The maximum atomic E-state index is 11.3. The molecule has 6 nitrogen and oxygen atoms in total. The van der Waals surface area contributed by atoms with Gasteiger partial charge >= 0.3 is 6.01 Å². The fraction of sp³-hybridized carbons (Fsp3) is 0.667. The summed E-state index contributed by atoms with van der Waals surface area (Å²) in [7, 11) is 0. The van der Waals surface area contributed by atoms with Crippen molar-refractivity contribution in [3.05, 3.63) is 5.89 Å². The normalized spacial score (nSPS) is 15.3. The predicted octanol–water partition coefficient (Wildman–Crippen LogP) is 0.459. The number of aryl methyl sites for hydroxylation is 1. The summed E-state index contributed by atoms with van der Waals surface area (Å²) in [4.78, 5) is 11.3. The van der Waals surface area contributed by atoms with Crippen molar-refractivity contribution in [2.24, 2.45) is 0 Å². The summed E-state index contributed by atoms with van der Waals surface area (Å²) >= 11 is 0. The van der Waals surface area contributed by atoms with Crippen LogP contribution in [0.1, 0.15) is 25.2 Å². The molecular weight excluding hydrogens is 196 g/mol. The van der Waals surface area contributed by atoms with Crippen molar-refractivity contribution >= 4 is 11.9 Å². The number of nitrogens with zero attached hydrogens (tertiary/aromatic N) is 2. The minimum atomic E-state index is -0.105. The number of amides is 1. The first kappa shape index (κ1) is 10.1. The van der Waals surface area contributed by atoms with Crippen molar-refractivity contribution in [3.63, 3.8) is 0 Å². The lowest BCUT2D eigenvalue weighted by atomic mass is 10.4. The van der Waals surface area contributed by atoms with Crippen LogP contribution in [0, 0.1) is 6.92 Å². The topological polar surface area (TPSA) is 80.0 Å². The van der Waals surface area contributed by atoms with Crippen LogP contribution in [0.2, 0.25) is 0 Å². The molecule has 15 heavy (non-hydrogen) atoms. The Morgan fingerprint density at radius 1 is 1.53 bits per heavy atom. The van der Waals surface area contributed by atoms with Gasteiger partial charge in [-0.05, 0) is 12.8 Å². The number of hydrogen-bond donors (Lipinski definition) is 2. The van der Waals surface area contributed by atoms with Gasteiger partial charge in [-0.1, -0.05) is 5.10 Å². The van der Waals surface area contributed by atoms with E-state index in [1.165, 1.54) is 12.8 Å². The molecule has 2 N–H and O–H groups in total. The third kappa shape index (κ3) is 3.32. The quantitative estimate of drug-likeness (QED) is 0.738. The molecule has 1 amide bonds. The van der Waals surface area contributed by atoms with E-state index in [9.17, 15) is 4.79 Å². The molecule has 1 aromatic heterocycles. The molecule has 0 unspecified atom stereocenters. The molecule has 1 heterocycles.